The Morgan fingerprint density at radius 1 is 1.04 bits per heavy atom. The van der Waals surface area contributed by atoms with E-state index in [0.717, 1.165) is 24.5 Å². The van der Waals surface area contributed by atoms with Crippen LogP contribution in [0.1, 0.15) is 5.82 Å². The van der Waals surface area contributed by atoms with Gasteiger partial charge in [-0.2, -0.15) is 0 Å². The number of likely N-dealkylation sites (N-methyl/N-ethyl adjacent to an activating group) is 2. The summed E-state index contributed by atoms with van der Waals surface area (Å²) in [7, 11) is 6.13. The molecular weight excluding hydrogens is 348 g/mol. The summed E-state index contributed by atoms with van der Waals surface area (Å²) >= 11 is 5.97. The van der Waals surface area contributed by atoms with Crippen LogP contribution in [0.2, 0.25) is 5.02 Å². The molecule has 0 bridgehead atoms. The van der Waals surface area contributed by atoms with Crippen LogP contribution in [-0.4, -0.2) is 48.7 Å². The van der Waals surface area contributed by atoms with E-state index in [-0.39, 0.29) is 5.56 Å². The van der Waals surface area contributed by atoms with Gasteiger partial charge in [-0.1, -0.05) is 11.6 Å². The monoisotopic (exact) mass is 370 g/mol. The minimum Gasteiger partial charge on any atom is -0.373 e. The summed E-state index contributed by atoms with van der Waals surface area (Å²) in [5.74, 6) is 0.651. The Balaban J connectivity index is 2.08. The molecule has 0 saturated heterocycles. The summed E-state index contributed by atoms with van der Waals surface area (Å²) in [6, 6.07) is 13.1. The number of anilines is 1. The highest BCUT2D eigenvalue weighted by atomic mass is 35.5. The molecule has 0 aliphatic carbocycles. The van der Waals surface area contributed by atoms with Crippen molar-refractivity contribution in [2.45, 2.75) is 6.92 Å². The molecule has 0 aliphatic rings. The molecule has 2 aromatic carbocycles. The van der Waals surface area contributed by atoms with Crippen molar-refractivity contribution in [1.29, 1.82) is 0 Å². The van der Waals surface area contributed by atoms with Gasteiger partial charge in [-0.25, -0.2) is 4.98 Å². The molecule has 0 spiro atoms. The molecule has 0 fully saturated rings. The lowest BCUT2D eigenvalue weighted by Gasteiger charge is -2.22. The first-order valence-electron chi connectivity index (χ1n) is 8.52. The smallest absolute Gasteiger partial charge is 0.266 e. The minimum absolute atomic E-state index is 0.0716. The first-order chi connectivity index (χ1) is 12.4. The largest absolute Gasteiger partial charge is 0.373 e. The molecule has 136 valence electrons. The van der Waals surface area contributed by atoms with Crippen LogP contribution in [0.25, 0.3) is 16.6 Å². The van der Waals surface area contributed by atoms with Crippen LogP contribution < -0.4 is 10.5 Å². The molecule has 1 heterocycles. The Morgan fingerprint density at radius 2 is 1.73 bits per heavy atom. The van der Waals surface area contributed by atoms with E-state index in [1.165, 1.54) is 0 Å². The lowest BCUT2D eigenvalue weighted by molar-refractivity contribution is 0.416. The number of rotatable bonds is 5. The predicted octanol–water partition coefficient (Wildman–Crippen LogP) is 3.35. The molecule has 0 unspecified atom stereocenters. The fourth-order valence-corrected chi connectivity index (χ4v) is 3.02. The number of aromatic nitrogens is 2. The second-order valence-electron chi connectivity index (χ2n) is 6.70. The Kier molecular flexibility index (Phi) is 5.30. The molecule has 0 aliphatic heterocycles. The average Bonchev–Trinajstić information content (AvgIpc) is 2.61. The molecule has 26 heavy (non-hydrogen) atoms. The first-order valence-corrected chi connectivity index (χ1v) is 8.90. The summed E-state index contributed by atoms with van der Waals surface area (Å²) in [6.45, 7) is 3.66. The highest BCUT2D eigenvalue weighted by Gasteiger charge is 2.12. The third-order valence-electron chi connectivity index (χ3n) is 4.43. The van der Waals surface area contributed by atoms with Crippen molar-refractivity contribution in [1.82, 2.24) is 14.5 Å². The molecule has 0 saturated carbocycles. The zero-order valence-electron chi connectivity index (χ0n) is 15.5. The van der Waals surface area contributed by atoms with Crippen LogP contribution in [0, 0.1) is 6.92 Å². The van der Waals surface area contributed by atoms with E-state index in [1.54, 1.807) is 16.7 Å². The quantitative estimate of drug-likeness (QED) is 0.690. The van der Waals surface area contributed by atoms with Gasteiger partial charge >= 0.3 is 0 Å². The third-order valence-corrected chi connectivity index (χ3v) is 4.68. The maximum atomic E-state index is 13.1. The van der Waals surface area contributed by atoms with Crippen molar-refractivity contribution in [2.75, 3.05) is 39.1 Å². The molecule has 1 aromatic heterocycles. The van der Waals surface area contributed by atoms with Gasteiger partial charge in [0.05, 0.1) is 16.6 Å². The Morgan fingerprint density at radius 3 is 2.38 bits per heavy atom. The Bertz CT molecular complexity index is 980. The minimum atomic E-state index is -0.0716. The van der Waals surface area contributed by atoms with E-state index < -0.39 is 0 Å². The van der Waals surface area contributed by atoms with E-state index >= 15 is 0 Å². The Labute approximate surface area is 158 Å². The summed E-state index contributed by atoms with van der Waals surface area (Å²) in [6.07, 6.45) is 0. The molecule has 0 atom stereocenters. The molecule has 0 radical (unpaired) electrons. The highest BCUT2D eigenvalue weighted by molar-refractivity contribution is 6.30. The van der Waals surface area contributed by atoms with Crippen molar-refractivity contribution in [3.63, 3.8) is 0 Å². The van der Waals surface area contributed by atoms with E-state index in [4.69, 9.17) is 11.6 Å². The van der Waals surface area contributed by atoms with Crippen molar-refractivity contribution < 1.29 is 0 Å². The molecule has 3 rings (SSSR count). The fourth-order valence-electron chi connectivity index (χ4n) is 2.90. The normalized spacial score (nSPS) is 11.3. The predicted molar refractivity (Wildman–Crippen MR) is 109 cm³/mol. The van der Waals surface area contributed by atoms with Crippen molar-refractivity contribution >= 4 is 28.2 Å². The van der Waals surface area contributed by atoms with Gasteiger partial charge in [-0.3, -0.25) is 9.36 Å². The van der Waals surface area contributed by atoms with Crippen molar-refractivity contribution in [2.24, 2.45) is 0 Å². The van der Waals surface area contributed by atoms with Crippen LogP contribution in [-0.2, 0) is 0 Å². The van der Waals surface area contributed by atoms with Crippen LogP contribution in [0.4, 0.5) is 5.69 Å². The maximum absolute atomic E-state index is 13.1. The van der Waals surface area contributed by atoms with Gasteiger partial charge < -0.3 is 9.80 Å². The first kappa shape index (κ1) is 18.4. The van der Waals surface area contributed by atoms with E-state index in [0.29, 0.717) is 21.7 Å². The van der Waals surface area contributed by atoms with Gasteiger partial charge in [0, 0.05) is 30.8 Å². The zero-order chi connectivity index (χ0) is 18.8. The van der Waals surface area contributed by atoms with Crippen LogP contribution >= 0.6 is 11.6 Å². The van der Waals surface area contributed by atoms with Gasteiger partial charge in [0.15, 0.2) is 0 Å². The second-order valence-corrected chi connectivity index (χ2v) is 7.14. The summed E-state index contributed by atoms with van der Waals surface area (Å²) in [4.78, 5) is 22.0. The summed E-state index contributed by atoms with van der Waals surface area (Å²) < 4.78 is 1.63. The van der Waals surface area contributed by atoms with Gasteiger partial charge in [0.1, 0.15) is 5.82 Å². The number of halogens is 1. The van der Waals surface area contributed by atoms with Crippen molar-refractivity contribution in [3.8, 4) is 5.69 Å². The van der Waals surface area contributed by atoms with E-state index in [2.05, 4.69) is 14.8 Å². The van der Waals surface area contributed by atoms with Crippen LogP contribution in [0.5, 0.6) is 0 Å². The molecule has 0 N–H and O–H groups in total. The summed E-state index contributed by atoms with van der Waals surface area (Å²) in [5, 5.41) is 1.25. The number of aryl methyl sites for hydroxylation is 1. The van der Waals surface area contributed by atoms with Gasteiger partial charge in [-0.05, 0) is 63.5 Å². The lowest BCUT2D eigenvalue weighted by atomic mass is 10.2. The van der Waals surface area contributed by atoms with Gasteiger partial charge in [-0.15, -0.1) is 0 Å². The fraction of sp³-hybridized carbons (Fsp3) is 0.300. The van der Waals surface area contributed by atoms with E-state index in [9.17, 15) is 4.79 Å². The van der Waals surface area contributed by atoms with Crippen LogP contribution in [0.3, 0.4) is 0 Å². The van der Waals surface area contributed by atoms with Crippen molar-refractivity contribution in [3.05, 3.63) is 63.7 Å². The number of benzene rings is 2. The average molecular weight is 371 g/mol. The molecule has 5 nitrogen and oxygen atoms in total. The van der Waals surface area contributed by atoms with Gasteiger partial charge in [0.2, 0.25) is 0 Å². The number of fused-ring (bicyclic) bond motifs is 1. The summed E-state index contributed by atoms with van der Waals surface area (Å²) in [5.41, 5.74) is 2.41. The lowest BCUT2D eigenvalue weighted by Crippen LogP contribution is -2.28. The number of hydrogen-bond acceptors (Lipinski definition) is 4. The molecule has 6 heteroatoms. The SMILES string of the molecule is Cc1nc2ccc(N(C)CCN(C)C)cc2c(=O)n1-c1ccc(Cl)cc1. The van der Waals surface area contributed by atoms with Crippen LogP contribution in [0.15, 0.2) is 47.3 Å². The number of hydrogen-bond donors (Lipinski definition) is 0. The molecule has 0 amide bonds. The molecular formula is C20H23ClN4O. The highest BCUT2D eigenvalue weighted by Crippen LogP contribution is 2.20. The van der Waals surface area contributed by atoms with Gasteiger partial charge in [0.25, 0.3) is 5.56 Å². The third kappa shape index (κ3) is 3.74. The zero-order valence-corrected chi connectivity index (χ0v) is 16.3. The second kappa shape index (κ2) is 7.48. The Hall–Kier alpha value is -2.37. The van der Waals surface area contributed by atoms with E-state index in [1.807, 2.05) is 58.4 Å². The topological polar surface area (TPSA) is 41.4 Å². The maximum Gasteiger partial charge on any atom is 0.266 e. The molecule has 3 aromatic rings. The number of nitrogens with zero attached hydrogens (tertiary/aromatic N) is 4. The standard InChI is InChI=1S/C20H23ClN4O/c1-14-22-19-10-9-17(24(4)12-11-23(2)3)13-18(19)20(26)25(14)16-7-5-15(21)6-8-16/h5-10,13H,11-12H2,1-4H3.